The highest BCUT2D eigenvalue weighted by Gasteiger charge is 2.10. The molecule has 0 aliphatic carbocycles. The van der Waals surface area contributed by atoms with Crippen LogP contribution in [0.25, 0.3) is 0 Å². The van der Waals surface area contributed by atoms with Crippen LogP contribution >= 0.6 is 0 Å². The number of aromatic carboxylic acids is 1. The average molecular weight is 254 g/mol. The lowest BCUT2D eigenvalue weighted by molar-refractivity contribution is -0.136. The third-order valence-corrected chi connectivity index (χ3v) is 1.86. The highest BCUT2D eigenvalue weighted by atomic mass is 16.7. The first-order valence-corrected chi connectivity index (χ1v) is 4.67. The largest absolute Gasteiger partial charge is 0.478 e. The number of nitrogens with zero attached hydrogens (tertiary/aromatic N) is 1. The fourth-order valence-electron chi connectivity index (χ4n) is 1.12. The predicted octanol–water partition coefficient (Wildman–Crippen LogP) is 0.234. The average Bonchev–Trinajstić information content (AvgIpc) is 2.65. The predicted molar refractivity (Wildman–Crippen MR) is 58.9 cm³/mol. The van der Waals surface area contributed by atoms with Crippen molar-refractivity contribution in [3.63, 3.8) is 0 Å². The van der Waals surface area contributed by atoms with Gasteiger partial charge in [-0.15, -0.1) is 0 Å². The van der Waals surface area contributed by atoms with E-state index in [2.05, 4.69) is 10.3 Å². The highest BCUT2D eigenvalue weighted by Crippen LogP contribution is 2.12. The van der Waals surface area contributed by atoms with E-state index in [0.717, 1.165) is 6.08 Å². The molecule has 0 saturated carbocycles. The summed E-state index contributed by atoms with van der Waals surface area (Å²) in [6, 6.07) is 1.26. The van der Waals surface area contributed by atoms with Crippen molar-refractivity contribution in [1.29, 1.82) is 0 Å². The first kappa shape index (κ1) is 13.3. The van der Waals surface area contributed by atoms with E-state index in [9.17, 15) is 14.4 Å². The zero-order valence-electron chi connectivity index (χ0n) is 9.28. The van der Waals surface area contributed by atoms with Crippen LogP contribution < -0.4 is 5.48 Å². The third-order valence-electron chi connectivity index (χ3n) is 1.86. The molecule has 0 bridgehead atoms. The second-order valence-corrected chi connectivity index (χ2v) is 3.22. The van der Waals surface area contributed by atoms with Gasteiger partial charge >= 0.3 is 17.9 Å². The molecule has 3 N–H and O–H groups in total. The molecular formula is C10H10N2O6. The van der Waals surface area contributed by atoms with Gasteiger partial charge in [-0.3, -0.25) is 0 Å². The Morgan fingerprint density at radius 1 is 1.33 bits per heavy atom. The van der Waals surface area contributed by atoms with E-state index >= 15 is 0 Å². The summed E-state index contributed by atoms with van der Waals surface area (Å²) in [6.07, 6.45) is 2.74. The minimum Gasteiger partial charge on any atom is -0.478 e. The van der Waals surface area contributed by atoms with E-state index in [1.165, 1.54) is 23.9 Å². The smallest absolute Gasteiger partial charge is 0.355 e. The lowest BCUT2D eigenvalue weighted by Gasteiger charge is -2.00. The van der Waals surface area contributed by atoms with Gasteiger partial charge in [0.15, 0.2) is 0 Å². The Kier molecular flexibility index (Phi) is 4.08. The molecule has 0 saturated heterocycles. The molecule has 0 aromatic carbocycles. The van der Waals surface area contributed by atoms with Crippen molar-refractivity contribution >= 4 is 23.6 Å². The van der Waals surface area contributed by atoms with E-state index in [0.29, 0.717) is 6.08 Å². The van der Waals surface area contributed by atoms with Gasteiger partial charge in [0.05, 0.1) is 5.69 Å². The Morgan fingerprint density at radius 2 is 2.00 bits per heavy atom. The number of aryl methyl sites for hydroxylation is 1. The lowest BCUT2D eigenvalue weighted by Crippen LogP contribution is -2.07. The quantitative estimate of drug-likeness (QED) is 0.508. The van der Waals surface area contributed by atoms with Gasteiger partial charge in [-0.1, -0.05) is 0 Å². The van der Waals surface area contributed by atoms with Crippen LogP contribution in [0.3, 0.4) is 0 Å². The molecule has 1 aromatic rings. The van der Waals surface area contributed by atoms with Gasteiger partial charge in [0.25, 0.3) is 0 Å². The molecule has 1 heterocycles. The Morgan fingerprint density at radius 3 is 2.50 bits per heavy atom. The number of hydrogen-bond donors (Lipinski definition) is 3. The lowest BCUT2D eigenvalue weighted by atomic mass is 10.4. The summed E-state index contributed by atoms with van der Waals surface area (Å²) in [5.74, 6) is -3.32. The number of hydrogen-bond acceptors (Lipinski definition) is 5. The molecule has 0 amide bonds. The van der Waals surface area contributed by atoms with Gasteiger partial charge in [-0.2, -0.15) is 0 Å². The van der Waals surface area contributed by atoms with Gasteiger partial charge in [0.1, 0.15) is 5.69 Å². The molecule has 8 nitrogen and oxygen atoms in total. The van der Waals surface area contributed by atoms with E-state index < -0.39 is 17.9 Å². The van der Waals surface area contributed by atoms with E-state index in [4.69, 9.17) is 10.2 Å². The van der Waals surface area contributed by atoms with Crippen molar-refractivity contribution in [3.05, 3.63) is 30.1 Å². The van der Waals surface area contributed by atoms with E-state index in [-0.39, 0.29) is 11.4 Å². The minimum atomic E-state index is -1.28. The van der Waals surface area contributed by atoms with Crippen LogP contribution in [0.1, 0.15) is 10.5 Å². The maximum atomic E-state index is 11.0. The van der Waals surface area contributed by atoms with Crippen LogP contribution in [0.4, 0.5) is 5.69 Å². The summed E-state index contributed by atoms with van der Waals surface area (Å²) < 4.78 is 1.32. The molecule has 8 heteroatoms. The molecule has 1 rings (SSSR count). The normalized spacial score (nSPS) is 10.3. The number of nitrogens with one attached hydrogen (secondary N) is 1. The zero-order valence-corrected chi connectivity index (χ0v) is 9.28. The van der Waals surface area contributed by atoms with Crippen LogP contribution in [0, 0.1) is 0 Å². The van der Waals surface area contributed by atoms with Crippen molar-refractivity contribution in [2.24, 2.45) is 7.05 Å². The first-order valence-electron chi connectivity index (χ1n) is 4.67. The van der Waals surface area contributed by atoms with Crippen LogP contribution in [0.5, 0.6) is 0 Å². The molecule has 0 atom stereocenters. The van der Waals surface area contributed by atoms with Gasteiger partial charge in [-0.05, 0) is 6.07 Å². The van der Waals surface area contributed by atoms with E-state index in [1.54, 1.807) is 0 Å². The summed E-state index contributed by atoms with van der Waals surface area (Å²) in [5.41, 5.74) is 2.47. The molecule has 96 valence electrons. The van der Waals surface area contributed by atoms with Crippen molar-refractivity contribution in [3.8, 4) is 0 Å². The van der Waals surface area contributed by atoms with Gasteiger partial charge < -0.3 is 19.6 Å². The number of carboxylic acids is 2. The summed E-state index contributed by atoms with van der Waals surface area (Å²) in [6.45, 7) is 0. The Balaban J connectivity index is 2.59. The number of carboxylic acid groups (broad SMARTS) is 2. The fraction of sp³-hybridized carbons (Fsp3) is 0.100. The number of carbonyl (C=O) groups is 3. The topological polar surface area (TPSA) is 118 Å². The van der Waals surface area contributed by atoms with Crippen molar-refractivity contribution in [1.82, 2.24) is 4.57 Å². The second kappa shape index (κ2) is 5.53. The van der Waals surface area contributed by atoms with Crippen molar-refractivity contribution in [2.75, 3.05) is 5.48 Å². The number of carbonyl (C=O) groups excluding carboxylic acids is 1. The molecule has 0 fully saturated rings. The fourth-order valence-corrected chi connectivity index (χ4v) is 1.12. The van der Waals surface area contributed by atoms with Crippen LogP contribution in [0.2, 0.25) is 0 Å². The SMILES string of the molecule is Cn1cc(NOC(=O)C=CC(=O)O)cc1C(=O)O. The monoisotopic (exact) mass is 254 g/mol. The van der Waals surface area contributed by atoms with Crippen molar-refractivity contribution < 1.29 is 29.4 Å². The van der Waals surface area contributed by atoms with Gasteiger partial charge in [0.2, 0.25) is 0 Å². The summed E-state index contributed by atoms with van der Waals surface area (Å²) >= 11 is 0. The van der Waals surface area contributed by atoms with Gasteiger partial charge in [-0.25, -0.2) is 19.9 Å². The molecule has 0 unspecified atom stereocenters. The first-order chi connectivity index (χ1) is 8.40. The Bertz CT molecular complexity index is 516. The molecule has 1 aromatic heterocycles. The van der Waals surface area contributed by atoms with E-state index in [1.807, 2.05) is 0 Å². The summed E-state index contributed by atoms with van der Waals surface area (Å²) in [4.78, 5) is 36.3. The summed E-state index contributed by atoms with van der Waals surface area (Å²) in [5, 5.41) is 17.0. The maximum Gasteiger partial charge on any atom is 0.355 e. The minimum absolute atomic E-state index is 0.00891. The molecular weight excluding hydrogens is 244 g/mol. The standard InChI is InChI=1S/C10H10N2O6/c1-12-5-6(4-7(12)10(16)17)11-18-9(15)3-2-8(13)14/h2-5,11H,1H3,(H,13,14)(H,16,17). The molecule has 0 radical (unpaired) electrons. The Labute approximate surface area is 101 Å². The molecule has 0 aliphatic heterocycles. The van der Waals surface area contributed by atoms with Crippen LogP contribution in [-0.4, -0.2) is 32.7 Å². The molecule has 0 aliphatic rings. The van der Waals surface area contributed by atoms with Crippen LogP contribution in [0.15, 0.2) is 24.4 Å². The number of rotatable bonds is 5. The Hall–Kier alpha value is -2.77. The number of aliphatic carboxylic acids is 1. The summed E-state index contributed by atoms with van der Waals surface area (Å²) in [7, 11) is 1.51. The van der Waals surface area contributed by atoms with Crippen LogP contribution in [-0.2, 0) is 21.5 Å². The molecule has 18 heavy (non-hydrogen) atoms. The number of anilines is 1. The maximum absolute atomic E-state index is 11.0. The zero-order chi connectivity index (χ0) is 13.7. The number of aromatic nitrogens is 1. The third kappa shape index (κ3) is 3.67. The van der Waals surface area contributed by atoms with Gasteiger partial charge in [0, 0.05) is 25.4 Å². The molecule has 0 spiro atoms. The highest BCUT2D eigenvalue weighted by molar-refractivity contribution is 5.91. The van der Waals surface area contributed by atoms with Crippen molar-refractivity contribution in [2.45, 2.75) is 0 Å². The second-order valence-electron chi connectivity index (χ2n) is 3.22.